The van der Waals surface area contributed by atoms with Crippen molar-refractivity contribution in [1.29, 1.82) is 5.41 Å². The molecule has 1 aliphatic heterocycles. The van der Waals surface area contributed by atoms with Crippen LogP contribution in [0.5, 0.6) is 0 Å². The summed E-state index contributed by atoms with van der Waals surface area (Å²) in [6, 6.07) is 0.0762. The van der Waals surface area contributed by atoms with Crippen LogP contribution in [-0.2, 0) is 14.1 Å². The summed E-state index contributed by atoms with van der Waals surface area (Å²) in [5.74, 6) is 0. The SMILES string of the molecule is CO[C@H]1COC[C@@H]1N/C=C(/BOC(C)(C)C(C)(C)O)C=N. The third-order valence-electron chi connectivity index (χ3n) is 4.07. The van der Waals surface area contributed by atoms with E-state index in [0.29, 0.717) is 18.7 Å². The molecule has 120 valence electrons. The predicted molar refractivity (Wildman–Crippen MR) is 84.0 cm³/mol. The van der Waals surface area contributed by atoms with Crippen LogP contribution in [0.4, 0.5) is 0 Å². The molecule has 6 nitrogen and oxygen atoms in total. The molecule has 0 spiro atoms. The minimum atomic E-state index is -0.964. The molecular weight excluding hydrogens is 271 g/mol. The number of hydrogen-bond donors (Lipinski definition) is 3. The zero-order valence-corrected chi connectivity index (χ0v) is 13.6. The van der Waals surface area contributed by atoms with E-state index in [1.807, 2.05) is 13.8 Å². The molecule has 0 unspecified atom stereocenters. The van der Waals surface area contributed by atoms with Crippen molar-refractivity contribution in [2.75, 3.05) is 20.3 Å². The highest BCUT2D eigenvalue weighted by molar-refractivity contribution is 6.45. The Labute approximate surface area is 127 Å². The molecule has 0 aromatic heterocycles. The molecule has 0 radical (unpaired) electrons. The van der Waals surface area contributed by atoms with Crippen molar-refractivity contribution in [2.45, 2.75) is 51.0 Å². The zero-order valence-electron chi connectivity index (χ0n) is 13.6. The lowest BCUT2D eigenvalue weighted by Crippen LogP contribution is -2.48. The van der Waals surface area contributed by atoms with Crippen molar-refractivity contribution in [1.82, 2.24) is 5.32 Å². The first kappa shape index (κ1) is 18.2. The van der Waals surface area contributed by atoms with Gasteiger partial charge in [-0.2, -0.15) is 0 Å². The van der Waals surface area contributed by atoms with Crippen LogP contribution in [-0.4, -0.2) is 62.5 Å². The number of ether oxygens (including phenoxy) is 2. The maximum Gasteiger partial charge on any atom is 0.312 e. The van der Waals surface area contributed by atoms with Gasteiger partial charge in [-0.1, -0.05) is 0 Å². The van der Waals surface area contributed by atoms with Gasteiger partial charge in [0.05, 0.1) is 30.5 Å². The first-order chi connectivity index (χ1) is 9.71. The van der Waals surface area contributed by atoms with Gasteiger partial charge in [-0.15, -0.1) is 0 Å². The van der Waals surface area contributed by atoms with Gasteiger partial charge >= 0.3 is 7.48 Å². The van der Waals surface area contributed by atoms with Crippen LogP contribution >= 0.6 is 0 Å². The van der Waals surface area contributed by atoms with E-state index >= 15 is 0 Å². The van der Waals surface area contributed by atoms with Gasteiger partial charge < -0.3 is 30.0 Å². The van der Waals surface area contributed by atoms with Crippen LogP contribution in [0, 0.1) is 5.41 Å². The standard InChI is InChI=1S/C14H27BN2O4/c1-13(2,18)14(3,4)21-15-10(6-16)7-17-11-8-20-9-12(11)19-5/h6-7,11-12,15-18H,8-9H2,1-5H3/b10-7+,16-6?/t11-,12-/m0/s1. The highest BCUT2D eigenvalue weighted by atomic mass is 16.5. The van der Waals surface area contributed by atoms with E-state index in [2.05, 4.69) is 5.32 Å². The maximum absolute atomic E-state index is 10.0. The third-order valence-corrected chi connectivity index (χ3v) is 4.07. The fraction of sp³-hybridized carbons (Fsp3) is 0.786. The van der Waals surface area contributed by atoms with Gasteiger partial charge in [0.25, 0.3) is 0 Å². The van der Waals surface area contributed by atoms with Gasteiger partial charge in [0, 0.05) is 13.3 Å². The molecule has 0 bridgehead atoms. The number of rotatable bonds is 8. The third kappa shape index (κ3) is 5.11. The Morgan fingerprint density at radius 1 is 1.38 bits per heavy atom. The molecule has 0 aromatic carbocycles. The Morgan fingerprint density at radius 3 is 2.57 bits per heavy atom. The van der Waals surface area contributed by atoms with Gasteiger partial charge in [-0.05, 0) is 39.4 Å². The predicted octanol–water partition coefficient (Wildman–Crippen LogP) is 0.398. The van der Waals surface area contributed by atoms with Crippen LogP contribution in [0.15, 0.2) is 11.7 Å². The molecule has 0 saturated carbocycles. The van der Waals surface area contributed by atoms with Crippen LogP contribution in [0.1, 0.15) is 27.7 Å². The van der Waals surface area contributed by atoms with Crippen molar-refractivity contribution in [3.05, 3.63) is 11.7 Å². The van der Waals surface area contributed by atoms with E-state index in [0.717, 1.165) is 0 Å². The summed E-state index contributed by atoms with van der Waals surface area (Å²) in [6.45, 7) is 8.22. The molecular formula is C14H27BN2O4. The molecule has 21 heavy (non-hydrogen) atoms. The second-order valence-electron chi connectivity index (χ2n) is 6.31. The van der Waals surface area contributed by atoms with Gasteiger partial charge in [-0.3, -0.25) is 0 Å². The summed E-state index contributed by atoms with van der Waals surface area (Å²) in [7, 11) is 1.91. The van der Waals surface area contributed by atoms with Crippen LogP contribution in [0.25, 0.3) is 0 Å². The number of nitrogens with one attached hydrogen (secondary N) is 2. The molecule has 0 aliphatic carbocycles. The summed E-state index contributed by atoms with van der Waals surface area (Å²) in [4.78, 5) is 0. The molecule has 1 fully saturated rings. The summed E-state index contributed by atoms with van der Waals surface area (Å²) < 4.78 is 16.4. The minimum absolute atomic E-state index is 0.0157. The normalized spacial score (nSPS) is 24.0. The fourth-order valence-corrected chi connectivity index (χ4v) is 1.70. The summed E-state index contributed by atoms with van der Waals surface area (Å²) in [5.41, 5.74) is -0.983. The van der Waals surface area contributed by atoms with E-state index in [9.17, 15) is 5.11 Å². The molecule has 2 atom stereocenters. The van der Waals surface area contributed by atoms with E-state index in [-0.39, 0.29) is 19.6 Å². The average molecular weight is 298 g/mol. The van der Waals surface area contributed by atoms with Crippen molar-refractivity contribution in [3.63, 3.8) is 0 Å². The number of methoxy groups -OCH3 is 1. The molecule has 1 saturated heterocycles. The highest BCUT2D eigenvalue weighted by Crippen LogP contribution is 2.24. The molecule has 0 amide bonds. The van der Waals surface area contributed by atoms with Gasteiger partial charge in [-0.25, -0.2) is 0 Å². The molecule has 7 heteroatoms. The fourth-order valence-electron chi connectivity index (χ4n) is 1.70. The molecule has 1 heterocycles. The number of hydrogen-bond acceptors (Lipinski definition) is 6. The van der Waals surface area contributed by atoms with Crippen molar-refractivity contribution >= 4 is 13.7 Å². The van der Waals surface area contributed by atoms with E-state index in [1.54, 1.807) is 27.2 Å². The quantitative estimate of drug-likeness (QED) is 0.446. The Kier molecular flexibility index (Phi) is 6.40. The largest absolute Gasteiger partial charge is 0.427 e. The zero-order chi connectivity index (χ0) is 16.1. The molecule has 0 aromatic rings. The summed E-state index contributed by atoms with van der Waals surface area (Å²) in [6.07, 6.45) is 3.01. The summed E-state index contributed by atoms with van der Waals surface area (Å²) >= 11 is 0. The number of aliphatic hydroxyl groups is 1. The Bertz CT molecular complexity index is 380. The average Bonchev–Trinajstić information content (AvgIpc) is 2.85. The van der Waals surface area contributed by atoms with Crippen LogP contribution in [0.3, 0.4) is 0 Å². The lowest BCUT2D eigenvalue weighted by Gasteiger charge is -2.37. The van der Waals surface area contributed by atoms with Gasteiger partial charge in [0.15, 0.2) is 0 Å². The first-order valence-electron chi connectivity index (χ1n) is 7.13. The second-order valence-corrected chi connectivity index (χ2v) is 6.31. The Hall–Kier alpha value is -0.885. The molecule has 1 rings (SSSR count). The first-order valence-corrected chi connectivity index (χ1v) is 7.13. The van der Waals surface area contributed by atoms with Crippen molar-refractivity contribution in [2.24, 2.45) is 0 Å². The van der Waals surface area contributed by atoms with E-state index < -0.39 is 11.2 Å². The number of allylic oxidation sites excluding steroid dienone is 1. The smallest absolute Gasteiger partial charge is 0.312 e. The lowest BCUT2D eigenvalue weighted by atomic mass is 9.83. The topological polar surface area (TPSA) is 83.8 Å². The molecule has 3 N–H and O–H groups in total. The monoisotopic (exact) mass is 298 g/mol. The van der Waals surface area contributed by atoms with E-state index in [4.69, 9.17) is 19.5 Å². The van der Waals surface area contributed by atoms with Crippen LogP contribution < -0.4 is 5.32 Å². The van der Waals surface area contributed by atoms with Gasteiger partial charge in [0.2, 0.25) is 0 Å². The van der Waals surface area contributed by atoms with Crippen molar-refractivity contribution < 1.29 is 19.2 Å². The Balaban J connectivity index is 2.55. The minimum Gasteiger partial charge on any atom is -0.427 e. The second kappa shape index (κ2) is 7.40. The maximum atomic E-state index is 10.0. The molecule has 1 aliphatic rings. The van der Waals surface area contributed by atoms with Gasteiger partial charge in [0.1, 0.15) is 6.10 Å². The van der Waals surface area contributed by atoms with Crippen LogP contribution in [0.2, 0.25) is 0 Å². The summed E-state index contributed by atoms with van der Waals surface area (Å²) in [5, 5.41) is 20.7. The lowest BCUT2D eigenvalue weighted by molar-refractivity contribution is -0.0895. The Morgan fingerprint density at radius 2 is 2.05 bits per heavy atom. The van der Waals surface area contributed by atoms with E-state index in [1.165, 1.54) is 6.21 Å². The van der Waals surface area contributed by atoms with Crippen molar-refractivity contribution in [3.8, 4) is 0 Å². The highest BCUT2D eigenvalue weighted by Gasteiger charge is 2.35.